The lowest BCUT2D eigenvalue weighted by Gasteiger charge is -2.26. The number of hydrogen-bond donors (Lipinski definition) is 3. The molecule has 2 amide bonds. The Kier molecular flexibility index (Phi) is 4.74. The fourth-order valence-electron chi connectivity index (χ4n) is 2.50. The molecule has 108 valence electrons. The van der Waals surface area contributed by atoms with Crippen molar-refractivity contribution >= 4 is 17.5 Å². The number of nitrogens with two attached hydrogens (primary N) is 1. The lowest BCUT2D eigenvalue weighted by molar-refractivity contribution is -0.897. The summed E-state index contributed by atoms with van der Waals surface area (Å²) >= 11 is 0. The minimum atomic E-state index is -0.463. The van der Waals surface area contributed by atoms with Crippen LogP contribution in [0.5, 0.6) is 0 Å². The minimum Gasteiger partial charge on any atom is -0.366 e. The Labute approximate surface area is 119 Å². The number of carbonyl (C=O) groups is 2. The highest BCUT2D eigenvalue weighted by molar-refractivity contribution is 5.95. The zero-order valence-electron chi connectivity index (χ0n) is 11.8. The maximum Gasteiger partial charge on any atom is 0.279 e. The monoisotopic (exact) mass is 276 g/mol. The van der Waals surface area contributed by atoms with Crippen LogP contribution < -0.4 is 16.0 Å². The van der Waals surface area contributed by atoms with Gasteiger partial charge in [-0.2, -0.15) is 0 Å². The molecule has 0 radical (unpaired) electrons. The molecule has 20 heavy (non-hydrogen) atoms. The van der Waals surface area contributed by atoms with Gasteiger partial charge in [0.15, 0.2) is 6.54 Å². The van der Waals surface area contributed by atoms with Gasteiger partial charge in [-0.1, -0.05) is 6.92 Å². The molecule has 1 aliphatic heterocycles. The van der Waals surface area contributed by atoms with E-state index in [1.54, 1.807) is 24.3 Å². The van der Waals surface area contributed by atoms with Crippen LogP contribution in [0.25, 0.3) is 0 Å². The van der Waals surface area contributed by atoms with E-state index in [4.69, 9.17) is 5.73 Å². The molecule has 0 aromatic heterocycles. The molecule has 0 spiro atoms. The van der Waals surface area contributed by atoms with E-state index in [0.717, 1.165) is 19.0 Å². The van der Waals surface area contributed by atoms with Crippen LogP contribution >= 0.6 is 0 Å². The third kappa shape index (κ3) is 4.06. The second kappa shape index (κ2) is 6.52. The highest BCUT2D eigenvalue weighted by Gasteiger charge is 2.21. The smallest absolute Gasteiger partial charge is 0.279 e. The number of quaternary nitrogens is 1. The van der Waals surface area contributed by atoms with Crippen LogP contribution in [-0.2, 0) is 4.79 Å². The number of carbonyl (C=O) groups excluding carboxylic acids is 2. The van der Waals surface area contributed by atoms with E-state index in [-0.39, 0.29) is 5.91 Å². The molecule has 4 N–H and O–H groups in total. The number of amides is 2. The van der Waals surface area contributed by atoms with Gasteiger partial charge in [-0.3, -0.25) is 9.59 Å². The van der Waals surface area contributed by atoms with Crippen molar-refractivity contribution in [2.24, 2.45) is 11.7 Å². The van der Waals surface area contributed by atoms with Crippen molar-refractivity contribution in [3.63, 3.8) is 0 Å². The summed E-state index contributed by atoms with van der Waals surface area (Å²) in [4.78, 5) is 24.3. The predicted octanol–water partition coefficient (Wildman–Crippen LogP) is 0.0388. The average Bonchev–Trinajstić information content (AvgIpc) is 2.42. The van der Waals surface area contributed by atoms with Crippen molar-refractivity contribution in [1.29, 1.82) is 0 Å². The minimum absolute atomic E-state index is 0.0152. The summed E-state index contributed by atoms with van der Waals surface area (Å²) in [7, 11) is 0. The van der Waals surface area contributed by atoms with Gasteiger partial charge >= 0.3 is 0 Å². The van der Waals surface area contributed by atoms with E-state index in [9.17, 15) is 9.59 Å². The molecule has 1 fully saturated rings. The van der Waals surface area contributed by atoms with E-state index in [1.165, 1.54) is 17.7 Å². The zero-order valence-corrected chi connectivity index (χ0v) is 11.8. The largest absolute Gasteiger partial charge is 0.366 e. The number of likely N-dealkylation sites (tertiary alicyclic amines) is 1. The van der Waals surface area contributed by atoms with Crippen LogP contribution in [0.1, 0.15) is 30.1 Å². The van der Waals surface area contributed by atoms with Crippen molar-refractivity contribution in [3.8, 4) is 0 Å². The van der Waals surface area contributed by atoms with Gasteiger partial charge < -0.3 is 16.0 Å². The van der Waals surface area contributed by atoms with Crippen LogP contribution in [0.2, 0.25) is 0 Å². The molecule has 1 aromatic rings. The van der Waals surface area contributed by atoms with E-state index < -0.39 is 5.91 Å². The lowest BCUT2D eigenvalue weighted by atomic mass is 9.99. The summed E-state index contributed by atoms with van der Waals surface area (Å²) in [5.41, 5.74) is 6.31. The van der Waals surface area contributed by atoms with Gasteiger partial charge in [-0.05, 0) is 43.0 Å². The first-order chi connectivity index (χ1) is 9.54. The Morgan fingerprint density at radius 1 is 1.25 bits per heavy atom. The average molecular weight is 276 g/mol. The molecule has 2 rings (SSSR count). The molecule has 1 aromatic carbocycles. The highest BCUT2D eigenvalue weighted by Crippen LogP contribution is 2.09. The van der Waals surface area contributed by atoms with Crippen molar-refractivity contribution in [1.82, 2.24) is 0 Å². The number of piperidine rings is 1. The van der Waals surface area contributed by atoms with Crippen molar-refractivity contribution < 1.29 is 14.5 Å². The molecular weight excluding hydrogens is 254 g/mol. The summed E-state index contributed by atoms with van der Waals surface area (Å²) in [5.74, 6) is 0.333. The topological polar surface area (TPSA) is 76.6 Å². The standard InChI is InChI=1S/C15H21N3O2/c1-11-6-8-18(9-7-11)10-14(19)17-13-4-2-12(3-5-13)15(16)20/h2-5,11H,6-10H2,1H3,(H2,16,20)(H,17,19)/p+1. The van der Waals surface area contributed by atoms with Crippen molar-refractivity contribution in [2.45, 2.75) is 19.8 Å². The molecule has 1 heterocycles. The Morgan fingerprint density at radius 3 is 2.40 bits per heavy atom. The van der Waals surface area contributed by atoms with Crippen molar-refractivity contribution in [3.05, 3.63) is 29.8 Å². The lowest BCUT2D eigenvalue weighted by Crippen LogP contribution is -3.14. The molecule has 0 aliphatic carbocycles. The van der Waals surface area contributed by atoms with E-state index in [0.29, 0.717) is 17.8 Å². The SMILES string of the molecule is CC1CC[NH+](CC(=O)Nc2ccc(C(N)=O)cc2)CC1. The van der Waals surface area contributed by atoms with Gasteiger partial charge in [0, 0.05) is 11.3 Å². The summed E-state index contributed by atoms with van der Waals surface area (Å²) in [6, 6.07) is 6.64. The highest BCUT2D eigenvalue weighted by atomic mass is 16.2. The van der Waals surface area contributed by atoms with Gasteiger partial charge in [-0.25, -0.2) is 0 Å². The van der Waals surface area contributed by atoms with Crippen LogP contribution in [0, 0.1) is 5.92 Å². The molecule has 0 saturated carbocycles. The number of hydrogen-bond acceptors (Lipinski definition) is 2. The third-order valence-corrected chi connectivity index (χ3v) is 3.85. The van der Waals surface area contributed by atoms with E-state index >= 15 is 0 Å². The number of primary amides is 1. The summed E-state index contributed by atoms with van der Waals surface area (Å²) in [6.45, 7) is 4.89. The molecule has 1 aliphatic rings. The molecule has 5 heteroatoms. The van der Waals surface area contributed by atoms with Gasteiger partial charge in [0.05, 0.1) is 13.1 Å². The van der Waals surface area contributed by atoms with Gasteiger partial charge in [0.1, 0.15) is 0 Å². The zero-order chi connectivity index (χ0) is 14.5. The van der Waals surface area contributed by atoms with E-state index in [2.05, 4.69) is 12.2 Å². The van der Waals surface area contributed by atoms with Crippen LogP contribution in [0.4, 0.5) is 5.69 Å². The molecule has 0 unspecified atom stereocenters. The molecular formula is C15H22N3O2+. The first-order valence-corrected chi connectivity index (χ1v) is 7.08. The summed E-state index contributed by atoms with van der Waals surface area (Å²) in [5, 5.41) is 2.85. The number of nitrogens with one attached hydrogen (secondary N) is 2. The summed E-state index contributed by atoms with van der Waals surface area (Å²) in [6.07, 6.45) is 2.38. The van der Waals surface area contributed by atoms with Gasteiger partial charge in [0.2, 0.25) is 5.91 Å². The molecule has 0 atom stereocenters. The predicted molar refractivity (Wildman–Crippen MR) is 77.6 cm³/mol. The Balaban J connectivity index is 1.83. The Hall–Kier alpha value is -1.88. The van der Waals surface area contributed by atoms with Crippen LogP contribution in [-0.4, -0.2) is 31.4 Å². The van der Waals surface area contributed by atoms with E-state index in [1.807, 2.05) is 0 Å². The number of anilines is 1. The Morgan fingerprint density at radius 2 is 1.85 bits per heavy atom. The first-order valence-electron chi connectivity index (χ1n) is 7.08. The Bertz CT molecular complexity index is 476. The van der Waals surface area contributed by atoms with Crippen molar-refractivity contribution in [2.75, 3.05) is 25.0 Å². The van der Waals surface area contributed by atoms with Gasteiger partial charge in [0.25, 0.3) is 5.91 Å². The maximum atomic E-state index is 12.0. The first kappa shape index (κ1) is 14.5. The third-order valence-electron chi connectivity index (χ3n) is 3.85. The van der Waals surface area contributed by atoms with Gasteiger partial charge in [-0.15, -0.1) is 0 Å². The fourth-order valence-corrected chi connectivity index (χ4v) is 2.50. The van der Waals surface area contributed by atoms with Crippen LogP contribution in [0.3, 0.4) is 0 Å². The molecule has 1 saturated heterocycles. The quantitative estimate of drug-likeness (QED) is 0.726. The maximum absolute atomic E-state index is 12.0. The fraction of sp³-hybridized carbons (Fsp3) is 0.467. The van der Waals surface area contributed by atoms with Crippen LogP contribution in [0.15, 0.2) is 24.3 Å². The normalized spacial score (nSPS) is 22.2. The molecule has 5 nitrogen and oxygen atoms in total. The molecule has 0 bridgehead atoms. The second-order valence-electron chi connectivity index (χ2n) is 5.60. The summed E-state index contributed by atoms with van der Waals surface area (Å²) < 4.78 is 0. The number of benzene rings is 1. The number of rotatable bonds is 4. The second-order valence-corrected chi connectivity index (χ2v) is 5.60.